The summed E-state index contributed by atoms with van der Waals surface area (Å²) < 4.78 is 6.41. The van der Waals surface area contributed by atoms with Crippen LogP contribution >= 0.6 is 0 Å². The zero-order chi connectivity index (χ0) is 20.3. The first-order valence-corrected chi connectivity index (χ1v) is 8.46. The van der Waals surface area contributed by atoms with Crippen LogP contribution in [0.2, 0.25) is 0 Å². The molecule has 3 aromatic rings. The molecule has 28 heavy (non-hydrogen) atoms. The van der Waals surface area contributed by atoms with E-state index < -0.39 is 16.4 Å². The average Bonchev–Trinajstić information content (AvgIpc) is 2.69. The number of nitrogens with zero attached hydrogens (tertiary/aromatic N) is 3. The third-order valence-corrected chi connectivity index (χ3v) is 4.32. The normalized spacial score (nSPS) is 11.8. The number of nitrogens with one attached hydrogen (secondary N) is 1. The second kappa shape index (κ2) is 7.87. The van der Waals surface area contributed by atoms with Crippen molar-refractivity contribution in [2.24, 2.45) is 0 Å². The highest BCUT2D eigenvalue weighted by Gasteiger charge is 2.16. The molecule has 0 aliphatic rings. The van der Waals surface area contributed by atoms with Gasteiger partial charge in [0.15, 0.2) is 0 Å². The average molecular weight is 382 g/mol. The molecule has 9 nitrogen and oxygen atoms in total. The molecular formula is C19H18N4O5. The Morgan fingerprint density at radius 2 is 2.07 bits per heavy atom. The number of nitro groups is 1. The number of nitro benzene ring substituents is 1. The van der Waals surface area contributed by atoms with Gasteiger partial charge in [-0.25, -0.2) is 4.98 Å². The predicted molar refractivity (Wildman–Crippen MR) is 102 cm³/mol. The molecular weight excluding hydrogens is 364 g/mol. The van der Waals surface area contributed by atoms with Gasteiger partial charge in [0, 0.05) is 17.7 Å². The molecule has 0 saturated heterocycles. The Labute approximate surface area is 159 Å². The highest BCUT2D eigenvalue weighted by atomic mass is 16.6. The highest BCUT2D eigenvalue weighted by Crippen LogP contribution is 2.24. The van der Waals surface area contributed by atoms with Crippen LogP contribution in [0.15, 0.2) is 53.6 Å². The summed E-state index contributed by atoms with van der Waals surface area (Å²) in [7, 11) is 1.55. The van der Waals surface area contributed by atoms with Crippen LogP contribution in [0, 0.1) is 10.1 Å². The zero-order valence-electron chi connectivity index (χ0n) is 15.3. The minimum absolute atomic E-state index is 0.0854. The Bertz CT molecular complexity index is 1110. The minimum atomic E-state index is -0.585. The largest absolute Gasteiger partial charge is 0.496 e. The van der Waals surface area contributed by atoms with E-state index in [9.17, 15) is 19.7 Å². The molecule has 0 radical (unpaired) electrons. The number of benzene rings is 2. The summed E-state index contributed by atoms with van der Waals surface area (Å²) >= 11 is 0. The smallest absolute Gasteiger partial charge is 0.270 e. The van der Waals surface area contributed by atoms with Crippen molar-refractivity contribution < 1.29 is 14.5 Å². The lowest BCUT2D eigenvalue weighted by Gasteiger charge is -2.17. The van der Waals surface area contributed by atoms with E-state index in [-0.39, 0.29) is 23.7 Å². The van der Waals surface area contributed by atoms with Crippen LogP contribution in [0.4, 0.5) is 5.69 Å². The lowest BCUT2D eigenvalue weighted by Crippen LogP contribution is -2.34. The van der Waals surface area contributed by atoms with Crippen LogP contribution < -0.4 is 15.6 Å². The van der Waals surface area contributed by atoms with Crippen molar-refractivity contribution in [1.29, 1.82) is 0 Å². The fourth-order valence-corrected chi connectivity index (χ4v) is 2.92. The van der Waals surface area contributed by atoms with Crippen molar-refractivity contribution in [2.75, 3.05) is 7.11 Å². The number of carbonyl (C=O) groups is 1. The van der Waals surface area contributed by atoms with Gasteiger partial charge >= 0.3 is 0 Å². The molecule has 0 saturated carbocycles. The summed E-state index contributed by atoms with van der Waals surface area (Å²) in [6.45, 7) is 1.55. The van der Waals surface area contributed by atoms with E-state index in [4.69, 9.17) is 4.74 Å². The Morgan fingerprint density at radius 1 is 1.32 bits per heavy atom. The van der Waals surface area contributed by atoms with Crippen molar-refractivity contribution in [3.05, 3.63) is 74.8 Å². The molecule has 1 amide bonds. The SMILES string of the molecule is COc1ccccc1C(C)NC(=O)Cn1cnc2ccc([N+](=O)[O-])cc2c1=O. The first kappa shape index (κ1) is 19.0. The summed E-state index contributed by atoms with van der Waals surface area (Å²) in [4.78, 5) is 39.5. The molecule has 2 aromatic carbocycles. The van der Waals surface area contributed by atoms with Crippen molar-refractivity contribution in [3.63, 3.8) is 0 Å². The monoisotopic (exact) mass is 382 g/mol. The molecule has 1 aromatic heterocycles. The van der Waals surface area contributed by atoms with E-state index in [1.54, 1.807) is 20.1 Å². The number of rotatable bonds is 6. The number of amides is 1. The standard InChI is InChI=1S/C19H18N4O5/c1-12(14-5-3-4-6-17(14)28-2)21-18(24)10-22-11-20-16-8-7-13(23(26)27)9-15(16)19(22)25/h3-9,11-12H,10H2,1-2H3,(H,21,24). The van der Waals surface area contributed by atoms with Crippen molar-refractivity contribution >= 4 is 22.5 Å². The molecule has 0 spiro atoms. The molecule has 1 heterocycles. The van der Waals surface area contributed by atoms with E-state index >= 15 is 0 Å². The van der Waals surface area contributed by atoms with Gasteiger partial charge in [-0.3, -0.25) is 24.3 Å². The van der Waals surface area contributed by atoms with Crippen LogP contribution in [0.3, 0.4) is 0 Å². The van der Waals surface area contributed by atoms with Crippen molar-refractivity contribution in [3.8, 4) is 5.75 Å². The highest BCUT2D eigenvalue weighted by molar-refractivity contribution is 5.81. The first-order chi connectivity index (χ1) is 13.4. The second-order valence-electron chi connectivity index (χ2n) is 6.17. The summed E-state index contributed by atoms with van der Waals surface area (Å²) in [6, 6.07) is 10.8. The first-order valence-electron chi connectivity index (χ1n) is 8.46. The van der Waals surface area contributed by atoms with Gasteiger partial charge in [-0.1, -0.05) is 18.2 Å². The van der Waals surface area contributed by atoms with E-state index in [1.165, 1.54) is 18.5 Å². The number of para-hydroxylation sites is 1. The number of hydrogen-bond donors (Lipinski definition) is 1. The number of carbonyl (C=O) groups excluding carboxylic acids is 1. The quantitative estimate of drug-likeness (QED) is 0.516. The summed E-state index contributed by atoms with van der Waals surface area (Å²) in [5.41, 5.74) is 0.403. The maximum atomic E-state index is 12.6. The number of ether oxygens (including phenoxy) is 1. The fraction of sp³-hybridized carbons (Fsp3) is 0.211. The zero-order valence-corrected chi connectivity index (χ0v) is 15.3. The van der Waals surface area contributed by atoms with Gasteiger partial charge in [-0.15, -0.1) is 0 Å². The van der Waals surface area contributed by atoms with Gasteiger partial charge < -0.3 is 10.1 Å². The van der Waals surface area contributed by atoms with Crippen LogP contribution in [-0.4, -0.2) is 27.5 Å². The number of non-ortho nitro benzene ring substituents is 1. The fourth-order valence-electron chi connectivity index (χ4n) is 2.92. The lowest BCUT2D eigenvalue weighted by molar-refractivity contribution is -0.384. The second-order valence-corrected chi connectivity index (χ2v) is 6.17. The summed E-state index contributed by atoms with van der Waals surface area (Å²) in [5, 5.41) is 13.8. The maximum absolute atomic E-state index is 12.6. The molecule has 3 rings (SSSR count). The predicted octanol–water partition coefficient (Wildman–Crippen LogP) is 2.19. The van der Waals surface area contributed by atoms with Crippen LogP contribution in [0.25, 0.3) is 10.9 Å². The lowest BCUT2D eigenvalue weighted by atomic mass is 10.1. The van der Waals surface area contributed by atoms with E-state index in [0.717, 1.165) is 16.2 Å². The number of aromatic nitrogens is 2. The third-order valence-electron chi connectivity index (χ3n) is 4.32. The summed E-state index contributed by atoms with van der Waals surface area (Å²) in [5.74, 6) is 0.249. The Kier molecular flexibility index (Phi) is 5.35. The van der Waals surface area contributed by atoms with E-state index in [2.05, 4.69) is 10.3 Å². The number of hydrogen-bond acceptors (Lipinski definition) is 6. The molecule has 1 N–H and O–H groups in total. The van der Waals surface area contributed by atoms with Gasteiger partial charge in [0.25, 0.3) is 11.2 Å². The Balaban J connectivity index is 1.82. The molecule has 0 aliphatic carbocycles. The van der Waals surface area contributed by atoms with Gasteiger partial charge in [0.1, 0.15) is 12.3 Å². The Hall–Kier alpha value is -3.75. The molecule has 0 fully saturated rings. The van der Waals surface area contributed by atoms with Crippen molar-refractivity contribution in [2.45, 2.75) is 19.5 Å². The molecule has 0 bridgehead atoms. The maximum Gasteiger partial charge on any atom is 0.270 e. The number of methoxy groups -OCH3 is 1. The van der Waals surface area contributed by atoms with Crippen LogP contribution in [0.5, 0.6) is 5.75 Å². The molecule has 0 aliphatic heterocycles. The molecule has 144 valence electrons. The molecule has 9 heteroatoms. The topological polar surface area (TPSA) is 116 Å². The van der Waals surface area contributed by atoms with E-state index in [1.807, 2.05) is 18.2 Å². The van der Waals surface area contributed by atoms with Crippen molar-refractivity contribution in [1.82, 2.24) is 14.9 Å². The molecule has 1 unspecified atom stereocenters. The Morgan fingerprint density at radius 3 is 2.79 bits per heavy atom. The van der Waals surface area contributed by atoms with Gasteiger partial charge in [0.2, 0.25) is 5.91 Å². The van der Waals surface area contributed by atoms with Gasteiger partial charge in [-0.05, 0) is 19.1 Å². The summed E-state index contributed by atoms with van der Waals surface area (Å²) in [6.07, 6.45) is 1.25. The van der Waals surface area contributed by atoms with E-state index in [0.29, 0.717) is 11.3 Å². The van der Waals surface area contributed by atoms with Crippen LogP contribution in [0.1, 0.15) is 18.5 Å². The third kappa shape index (κ3) is 3.83. The molecule has 1 atom stereocenters. The van der Waals surface area contributed by atoms with Gasteiger partial charge in [-0.2, -0.15) is 0 Å². The van der Waals surface area contributed by atoms with Crippen LogP contribution in [-0.2, 0) is 11.3 Å². The van der Waals surface area contributed by atoms with Gasteiger partial charge in [0.05, 0.1) is 35.3 Å². The minimum Gasteiger partial charge on any atom is -0.496 e. The number of fused-ring (bicyclic) bond motifs is 1.